The van der Waals surface area contributed by atoms with Crippen molar-refractivity contribution in [2.75, 3.05) is 11.9 Å². The molecular weight excluding hydrogens is 308 g/mol. The zero-order valence-electron chi connectivity index (χ0n) is 10.9. The minimum atomic E-state index is 0.936. The number of hydrogen-bond donors (Lipinski definition) is 1. The average Bonchev–Trinajstić information content (AvgIpc) is 2.68. The number of benzene rings is 1. The Morgan fingerprint density at radius 3 is 2.67 bits per heavy atom. The number of aromatic nitrogens is 1. The van der Waals surface area contributed by atoms with Crippen LogP contribution in [0.15, 0.2) is 22.1 Å². The van der Waals surface area contributed by atoms with E-state index >= 15 is 0 Å². The van der Waals surface area contributed by atoms with Gasteiger partial charge in [-0.25, -0.2) is 4.98 Å². The molecular formula is C14H17BrN2S. The molecule has 1 aromatic carbocycles. The second-order valence-electron chi connectivity index (χ2n) is 4.48. The van der Waals surface area contributed by atoms with E-state index in [-0.39, 0.29) is 0 Å². The fourth-order valence-electron chi connectivity index (χ4n) is 2.01. The molecule has 0 radical (unpaired) electrons. The molecule has 0 saturated carbocycles. The summed E-state index contributed by atoms with van der Waals surface area (Å²) in [6.45, 7) is 7.25. The molecule has 1 heterocycles. The third kappa shape index (κ3) is 3.12. The number of nitrogens with zero attached hydrogens (tertiary/aromatic N) is 1. The Bertz CT molecular complexity index is 525. The Morgan fingerprint density at radius 2 is 2.06 bits per heavy atom. The maximum atomic E-state index is 4.27. The Hall–Kier alpha value is -0.870. The molecule has 0 atom stereocenters. The van der Waals surface area contributed by atoms with Crippen LogP contribution in [0.1, 0.15) is 21.7 Å². The summed E-state index contributed by atoms with van der Waals surface area (Å²) < 4.78 is 1.14. The minimum Gasteiger partial charge on any atom is -0.384 e. The van der Waals surface area contributed by atoms with Gasteiger partial charge in [0.2, 0.25) is 0 Å². The lowest BCUT2D eigenvalue weighted by Crippen LogP contribution is -2.06. The summed E-state index contributed by atoms with van der Waals surface area (Å²) in [6, 6.07) is 4.35. The fraction of sp³-hybridized carbons (Fsp3) is 0.357. The molecule has 0 amide bonds. The van der Waals surface area contributed by atoms with Gasteiger partial charge < -0.3 is 5.32 Å². The van der Waals surface area contributed by atoms with Gasteiger partial charge in [0.1, 0.15) is 0 Å². The molecule has 0 fully saturated rings. The molecule has 4 heteroatoms. The Kier molecular flexibility index (Phi) is 4.40. The predicted molar refractivity (Wildman–Crippen MR) is 82.7 cm³/mol. The van der Waals surface area contributed by atoms with E-state index in [1.165, 1.54) is 21.7 Å². The maximum absolute atomic E-state index is 4.27. The van der Waals surface area contributed by atoms with Gasteiger partial charge in [-0.15, -0.1) is 11.3 Å². The van der Waals surface area contributed by atoms with Gasteiger partial charge in [-0.05, 0) is 53.9 Å². The molecule has 2 rings (SSSR count). The quantitative estimate of drug-likeness (QED) is 0.896. The second-order valence-corrected chi connectivity index (χ2v) is 6.27. The molecule has 0 spiro atoms. The van der Waals surface area contributed by atoms with Crippen LogP contribution in [0.4, 0.5) is 5.69 Å². The molecule has 2 aromatic rings. The van der Waals surface area contributed by atoms with Crippen molar-refractivity contribution in [1.29, 1.82) is 0 Å². The first-order valence-electron chi connectivity index (χ1n) is 5.97. The molecule has 0 aliphatic carbocycles. The number of rotatable bonds is 4. The van der Waals surface area contributed by atoms with Gasteiger partial charge in [-0.1, -0.05) is 6.07 Å². The van der Waals surface area contributed by atoms with E-state index in [1.807, 2.05) is 5.51 Å². The summed E-state index contributed by atoms with van der Waals surface area (Å²) in [7, 11) is 0. The third-order valence-electron chi connectivity index (χ3n) is 2.93. The second kappa shape index (κ2) is 5.85. The van der Waals surface area contributed by atoms with Crippen LogP contribution >= 0.6 is 27.3 Å². The van der Waals surface area contributed by atoms with Crippen LogP contribution in [0, 0.1) is 20.8 Å². The highest BCUT2D eigenvalue weighted by molar-refractivity contribution is 9.10. The first-order chi connectivity index (χ1) is 8.58. The highest BCUT2D eigenvalue weighted by atomic mass is 79.9. The predicted octanol–water partition coefficient (Wildman–Crippen LogP) is 4.49. The van der Waals surface area contributed by atoms with Crippen LogP contribution in [0.5, 0.6) is 0 Å². The summed E-state index contributed by atoms with van der Waals surface area (Å²) in [5.74, 6) is 0. The van der Waals surface area contributed by atoms with E-state index in [2.05, 4.69) is 59.1 Å². The highest BCUT2D eigenvalue weighted by Gasteiger charge is 2.05. The van der Waals surface area contributed by atoms with E-state index in [0.29, 0.717) is 0 Å². The first-order valence-corrected chi connectivity index (χ1v) is 7.65. The normalized spacial score (nSPS) is 10.7. The maximum Gasteiger partial charge on any atom is 0.0797 e. The van der Waals surface area contributed by atoms with Crippen molar-refractivity contribution < 1.29 is 0 Å². The zero-order chi connectivity index (χ0) is 13.1. The summed E-state index contributed by atoms with van der Waals surface area (Å²) in [4.78, 5) is 5.63. The monoisotopic (exact) mass is 324 g/mol. The standard InChI is InChI=1S/C14H17BrN2S/c1-9-6-10(2)14(12(15)7-9)16-5-4-13-11(3)17-8-18-13/h6-8,16H,4-5H2,1-3H3. The fourth-order valence-corrected chi connectivity index (χ4v) is 3.60. The molecule has 96 valence electrons. The topological polar surface area (TPSA) is 24.9 Å². The number of nitrogens with one attached hydrogen (secondary N) is 1. The number of thiazole rings is 1. The van der Waals surface area contributed by atoms with Gasteiger partial charge in [0, 0.05) is 22.3 Å². The lowest BCUT2D eigenvalue weighted by Gasteiger charge is -2.12. The van der Waals surface area contributed by atoms with Crippen LogP contribution < -0.4 is 5.32 Å². The van der Waals surface area contributed by atoms with Crippen LogP contribution in [0.2, 0.25) is 0 Å². The van der Waals surface area contributed by atoms with Crippen LogP contribution in [0.25, 0.3) is 0 Å². The molecule has 0 aliphatic heterocycles. The number of halogens is 1. The van der Waals surface area contributed by atoms with Gasteiger partial charge in [0.15, 0.2) is 0 Å². The lowest BCUT2D eigenvalue weighted by molar-refractivity contribution is 1.01. The molecule has 1 aromatic heterocycles. The first kappa shape index (κ1) is 13.6. The Labute approximate surface area is 121 Å². The largest absolute Gasteiger partial charge is 0.384 e. The summed E-state index contributed by atoms with van der Waals surface area (Å²) in [5, 5.41) is 3.51. The summed E-state index contributed by atoms with van der Waals surface area (Å²) in [6.07, 6.45) is 1.02. The SMILES string of the molecule is Cc1cc(C)c(NCCc2scnc2C)c(Br)c1. The summed E-state index contributed by atoms with van der Waals surface area (Å²) >= 11 is 5.35. The summed E-state index contributed by atoms with van der Waals surface area (Å²) in [5.41, 5.74) is 6.83. The molecule has 0 unspecified atom stereocenters. The van der Waals surface area contributed by atoms with Crippen molar-refractivity contribution >= 4 is 33.0 Å². The van der Waals surface area contributed by atoms with E-state index < -0.39 is 0 Å². The minimum absolute atomic E-state index is 0.936. The Balaban J connectivity index is 2.01. The Morgan fingerprint density at radius 1 is 1.28 bits per heavy atom. The average molecular weight is 325 g/mol. The van der Waals surface area contributed by atoms with Crippen molar-refractivity contribution in [2.45, 2.75) is 27.2 Å². The van der Waals surface area contributed by atoms with E-state index in [9.17, 15) is 0 Å². The van der Waals surface area contributed by atoms with Gasteiger partial charge in [-0.3, -0.25) is 0 Å². The van der Waals surface area contributed by atoms with Crippen LogP contribution in [-0.4, -0.2) is 11.5 Å². The molecule has 18 heavy (non-hydrogen) atoms. The van der Waals surface area contributed by atoms with Gasteiger partial charge >= 0.3 is 0 Å². The van der Waals surface area contributed by atoms with Gasteiger partial charge in [0.25, 0.3) is 0 Å². The number of anilines is 1. The third-order valence-corrected chi connectivity index (χ3v) is 4.55. The van der Waals surface area contributed by atoms with Crippen LogP contribution in [0.3, 0.4) is 0 Å². The van der Waals surface area contributed by atoms with Crippen molar-refractivity contribution in [3.8, 4) is 0 Å². The number of hydrogen-bond acceptors (Lipinski definition) is 3. The smallest absolute Gasteiger partial charge is 0.0797 e. The van der Waals surface area contributed by atoms with Crippen LogP contribution in [-0.2, 0) is 6.42 Å². The highest BCUT2D eigenvalue weighted by Crippen LogP contribution is 2.27. The molecule has 0 bridgehead atoms. The molecule has 0 saturated heterocycles. The molecule has 2 nitrogen and oxygen atoms in total. The van der Waals surface area contributed by atoms with E-state index in [1.54, 1.807) is 11.3 Å². The van der Waals surface area contributed by atoms with Crippen molar-refractivity contribution in [1.82, 2.24) is 4.98 Å². The number of aryl methyl sites for hydroxylation is 3. The van der Waals surface area contributed by atoms with Crippen molar-refractivity contribution in [2.24, 2.45) is 0 Å². The van der Waals surface area contributed by atoms with Crippen molar-refractivity contribution in [3.63, 3.8) is 0 Å². The van der Waals surface area contributed by atoms with Gasteiger partial charge in [0.05, 0.1) is 16.9 Å². The van der Waals surface area contributed by atoms with Crippen molar-refractivity contribution in [3.05, 3.63) is 43.8 Å². The van der Waals surface area contributed by atoms with Gasteiger partial charge in [-0.2, -0.15) is 0 Å². The van der Waals surface area contributed by atoms with E-state index in [0.717, 1.165) is 23.1 Å². The molecule has 1 N–H and O–H groups in total. The van der Waals surface area contributed by atoms with E-state index in [4.69, 9.17) is 0 Å². The lowest BCUT2D eigenvalue weighted by atomic mass is 10.1. The molecule has 0 aliphatic rings. The zero-order valence-corrected chi connectivity index (χ0v) is 13.3.